The first-order valence-corrected chi connectivity index (χ1v) is 5.04. The van der Waals surface area contributed by atoms with Gasteiger partial charge in [0.05, 0.1) is 6.07 Å². The van der Waals surface area contributed by atoms with Crippen LogP contribution in [0.4, 0.5) is 0 Å². The Morgan fingerprint density at radius 1 is 1.36 bits per heavy atom. The van der Waals surface area contributed by atoms with Crippen LogP contribution in [0.25, 0.3) is 6.08 Å². The summed E-state index contributed by atoms with van der Waals surface area (Å²) in [6, 6.07) is 5.73. The quantitative estimate of drug-likeness (QED) is 0.591. The summed E-state index contributed by atoms with van der Waals surface area (Å²) < 4.78 is 11.5. The standard InChI is InChI=1S/C10H6INO2/c11-8-5-10-9(13-6-14-10)4-7(8)2-1-3-12/h1-2,4-5H,6H2/b2-1+. The number of fused-ring (bicyclic) bond motifs is 1. The van der Waals surface area contributed by atoms with Gasteiger partial charge in [-0.25, -0.2) is 0 Å². The van der Waals surface area contributed by atoms with Crippen LogP contribution in [0, 0.1) is 14.9 Å². The second kappa shape index (κ2) is 3.88. The van der Waals surface area contributed by atoms with E-state index < -0.39 is 0 Å². The highest BCUT2D eigenvalue weighted by Crippen LogP contribution is 2.35. The zero-order valence-corrected chi connectivity index (χ0v) is 9.32. The molecule has 1 aliphatic heterocycles. The van der Waals surface area contributed by atoms with Crippen molar-refractivity contribution in [1.29, 1.82) is 5.26 Å². The second-order valence-corrected chi connectivity index (χ2v) is 3.85. The van der Waals surface area contributed by atoms with E-state index in [0.717, 1.165) is 20.6 Å². The Morgan fingerprint density at radius 2 is 2.07 bits per heavy atom. The number of hydrogen-bond donors (Lipinski definition) is 0. The van der Waals surface area contributed by atoms with Crippen molar-refractivity contribution in [2.75, 3.05) is 6.79 Å². The van der Waals surface area contributed by atoms with E-state index in [9.17, 15) is 0 Å². The molecule has 0 aromatic heterocycles. The van der Waals surface area contributed by atoms with Crippen LogP contribution in [-0.2, 0) is 0 Å². The molecule has 0 amide bonds. The van der Waals surface area contributed by atoms with E-state index in [1.165, 1.54) is 6.08 Å². The van der Waals surface area contributed by atoms with Crippen molar-refractivity contribution in [3.63, 3.8) is 0 Å². The summed E-state index contributed by atoms with van der Waals surface area (Å²) in [4.78, 5) is 0. The van der Waals surface area contributed by atoms with Crippen molar-refractivity contribution < 1.29 is 9.47 Å². The van der Waals surface area contributed by atoms with Gasteiger partial charge < -0.3 is 9.47 Å². The van der Waals surface area contributed by atoms with Gasteiger partial charge in [0.1, 0.15) is 0 Å². The van der Waals surface area contributed by atoms with E-state index in [2.05, 4.69) is 22.6 Å². The van der Waals surface area contributed by atoms with Gasteiger partial charge in [-0.15, -0.1) is 0 Å². The van der Waals surface area contributed by atoms with Crippen molar-refractivity contribution in [1.82, 2.24) is 0 Å². The maximum absolute atomic E-state index is 8.42. The van der Waals surface area contributed by atoms with Crippen molar-refractivity contribution in [3.8, 4) is 17.6 Å². The average molecular weight is 299 g/mol. The Bertz CT molecular complexity index is 434. The summed E-state index contributed by atoms with van der Waals surface area (Å²) in [5.74, 6) is 1.51. The molecule has 1 aromatic rings. The number of allylic oxidation sites excluding steroid dienone is 1. The van der Waals surface area contributed by atoms with Gasteiger partial charge in [0, 0.05) is 9.65 Å². The highest BCUT2D eigenvalue weighted by atomic mass is 127. The summed E-state index contributed by atoms with van der Waals surface area (Å²) in [6.07, 6.45) is 3.20. The van der Waals surface area contributed by atoms with Gasteiger partial charge in [-0.1, -0.05) is 0 Å². The van der Waals surface area contributed by atoms with Crippen LogP contribution in [-0.4, -0.2) is 6.79 Å². The molecule has 4 heteroatoms. The van der Waals surface area contributed by atoms with E-state index in [-0.39, 0.29) is 6.79 Å². The molecule has 0 N–H and O–H groups in total. The molecule has 70 valence electrons. The summed E-state index contributed by atoms with van der Waals surface area (Å²) in [7, 11) is 0. The Morgan fingerprint density at radius 3 is 2.79 bits per heavy atom. The molecule has 0 atom stereocenters. The Kier molecular flexibility index (Phi) is 2.59. The van der Waals surface area contributed by atoms with E-state index in [0.29, 0.717) is 0 Å². The number of hydrogen-bond acceptors (Lipinski definition) is 3. The molecule has 0 aliphatic carbocycles. The number of halogens is 1. The predicted molar refractivity (Wildman–Crippen MR) is 59.9 cm³/mol. The SMILES string of the molecule is N#C/C=C/c1cc2c(cc1I)OCO2. The predicted octanol–water partition coefficient (Wildman–Crippen LogP) is 2.56. The third-order valence-corrected chi connectivity index (χ3v) is 2.76. The third kappa shape index (κ3) is 1.68. The molecule has 0 saturated heterocycles. The van der Waals surface area contributed by atoms with Gasteiger partial charge in [-0.2, -0.15) is 5.26 Å². The maximum Gasteiger partial charge on any atom is 0.231 e. The minimum absolute atomic E-state index is 0.275. The van der Waals surface area contributed by atoms with Crippen LogP contribution >= 0.6 is 22.6 Å². The monoisotopic (exact) mass is 299 g/mol. The van der Waals surface area contributed by atoms with E-state index in [4.69, 9.17) is 14.7 Å². The number of nitriles is 1. The first-order chi connectivity index (χ1) is 6.81. The van der Waals surface area contributed by atoms with Gasteiger partial charge in [0.2, 0.25) is 6.79 Å². The zero-order valence-electron chi connectivity index (χ0n) is 7.16. The molecule has 3 nitrogen and oxygen atoms in total. The molecule has 1 aromatic carbocycles. The molecule has 0 fully saturated rings. The van der Waals surface area contributed by atoms with Crippen LogP contribution in [0.2, 0.25) is 0 Å². The molecule has 2 rings (SSSR count). The molecule has 0 spiro atoms. The highest BCUT2D eigenvalue weighted by molar-refractivity contribution is 14.1. The van der Waals surface area contributed by atoms with Crippen molar-refractivity contribution >= 4 is 28.7 Å². The fourth-order valence-electron chi connectivity index (χ4n) is 1.19. The maximum atomic E-state index is 8.42. The fourth-order valence-corrected chi connectivity index (χ4v) is 1.81. The lowest BCUT2D eigenvalue weighted by Gasteiger charge is -2.00. The van der Waals surface area contributed by atoms with Crippen molar-refractivity contribution in [2.45, 2.75) is 0 Å². The first kappa shape index (κ1) is 9.34. The third-order valence-electron chi connectivity index (χ3n) is 1.83. The molecule has 14 heavy (non-hydrogen) atoms. The minimum Gasteiger partial charge on any atom is -0.454 e. The van der Waals surface area contributed by atoms with E-state index in [1.54, 1.807) is 6.08 Å². The number of ether oxygens (including phenoxy) is 2. The van der Waals surface area contributed by atoms with Crippen molar-refractivity contribution in [2.24, 2.45) is 0 Å². The summed E-state index contributed by atoms with van der Waals surface area (Å²) >= 11 is 2.20. The summed E-state index contributed by atoms with van der Waals surface area (Å²) in [6.45, 7) is 0.275. The molecule has 0 bridgehead atoms. The smallest absolute Gasteiger partial charge is 0.231 e. The van der Waals surface area contributed by atoms with E-state index >= 15 is 0 Å². The molecule has 0 unspecified atom stereocenters. The van der Waals surface area contributed by atoms with Gasteiger partial charge in [-0.3, -0.25) is 0 Å². The summed E-state index contributed by atoms with van der Waals surface area (Å²) in [5, 5.41) is 8.42. The molecule has 1 heterocycles. The minimum atomic E-state index is 0.275. The Balaban J connectivity index is 2.43. The number of benzene rings is 1. The molecular formula is C10H6INO2. The van der Waals surface area contributed by atoms with Gasteiger partial charge in [0.25, 0.3) is 0 Å². The van der Waals surface area contributed by atoms with Gasteiger partial charge >= 0.3 is 0 Å². The molecular weight excluding hydrogens is 293 g/mol. The normalized spacial score (nSPS) is 13.1. The van der Waals surface area contributed by atoms with Crippen LogP contribution in [0.15, 0.2) is 18.2 Å². The number of nitrogens with zero attached hydrogens (tertiary/aromatic N) is 1. The Hall–Kier alpha value is -1.22. The Labute approximate surface area is 95.1 Å². The van der Waals surface area contributed by atoms with Crippen LogP contribution in [0.1, 0.15) is 5.56 Å². The van der Waals surface area contributed by atoms with Crippen LogP contribution in [0.5, 0.6) is 11.5 Å². The van der Waals surface area contributed by atoms with Gasteiger partial charge in [0.15, 0.2) is 11.5 Å². The lowest BCUT2D eigenvalue weighted by molar-refractivity contribution is 0.174. The fraction of sp³-hybridized carbons (Fsp3) is 0.100. The first-order valence-electron chi connectivity index (χ1n) is 3.96. The van der Waals surface area contributed by atoms with Gasteiger partial charge in [-0.05, 0) is 46.4 Å². The largest absolute Gasteiger partial charge is 0.454 e. The lowest BCUT2D eigenvalue weighted by Crippen LogP contribution is -1.92. The zero-order chi connectivity index (χ0) is 9.97. The second-order valence-electron chi connectivity index (χ2n) is 2.69. The van der Waals surface area contributed by atoms with Crippen LogP contribution in [0.3, 0.4) is 0 Å². The van der Waals surface area contributed by atoms with E-state index in [1.807, 2.05) is 18.2 Å². The van der Waals surface area contributed by atoms with Crippen LogP contribution < -0.4 is 9.47 Å². The average Bonchev–Trinajstić information content (AvgIpc) is 2.61. The summed E-state index contributed by atoms with van der Waals surface area (Å²) in [5.41, 5.74) is 0.969. The highest BCUT2D eigenvalue weighted by Gasteiger charge is 2.14. The molecule has 0 radical (unpaired) electrons. The molecule has 1 aliphatic rings. The number of rotatable bonds is 1. The lowest BCUT2D eigenvalue weighted by atomic mass is 10.2. The topological polar surface area (TPSA) is 42.2 Å². The van der Waals surface area contributed by atoms with Crippen molar-refractivity contribution in [3.05, 3.63) is 27.3 Å². The molecule has 0 saturated carbocycles.